The molecule has 1 atom stereocenters. The molecule has 2 fully saturated rings. The third kappa shape index (κ3) is 5.22. The number of aromatic hydroxyl groups is 1. The minimum Gasteiger partial charge on any atom is -0.508 e. The molecule has 6 nitrogen and oxygen atoms in total. The van der Waals surface area contributed by atoms with E-state index in [1.54, 1.807) is 37.2 Å². The number of rotatable bonds is 4. The number of phenols is 1. The Bertz CT molecular complexity index is 1130. The lowest BCUT2D eigenvalue weighted by atomic mass is 9.76. The van der Waals surface area contributed by atoms with Gasteiger partial charge in [-0.3, -0.25) is 9.69 Å². The van der Waals surface area contributed by atoms with Crippen molar-refractivity contribution in [1.29, 1.82) is 5.26 Å². The van der Waals surface area contributed by atoms with E-state index < -0.39 is 23.3 Å². The molecule has 0 aliphatic carbocycles. The maximum absolute atomic E-state index is 13.6. The Hall–Kier alpha value is -3.25. The summed E-state index contributed by atoms with van der Waals surface area (Å²) >= 11 is 0. The van der Waals surface area contributed by atoms with Gasteiger partial charge in [-0.25, -0.2) is 0 Å². The molecule has 1 N–H and O–H groups in total. The summed E-state index contributed by atoms with van der Waals surface area (Å²) in [5, 5.41) is 18.9. The third-order valence-corrected chi connectivity index (χ3v) is 7.23. The summed E-state index contributed by atoms with van der Waals surface area (Å²) in [6.45, 7) is 2.79. The molecule has 0 saturated carbocycles. The smallest absolute Gasteiger partial charge is 0.417 e. The number of hydrogen-bond acceptors (Lipinski definition) is 5. The number of nitrogens with zero attached hydrogens (tertiary/aromatic N) is 4. The van der Waals surface area contributed by atoms with E-state index in [4.69, 9.17) is 5.26 Å². The molecule has 0 radical (unpaired) electrons. The van der Waals surface area contributed by atoms with Gasteiger partial charge in [0.1, 0.15) is 11.8 Å². The van der Waals surface area contributed by atoms with Crippen molar-refractivity contribution in [3.05, 3.63) is 59.2 Å². The zero-order chi connectivity index (χ0) is 25.4. The van der Waals surface area contributed by atoms with E-state index in [0.717, 1.165) is 37.6 Å². The van der Waals surface area contributed by atoms with E-state index in [-0.39, 0.29) is 17.1 Å². The Morgan fingerprint density at radius 1 is 1.20 bits per heavy atom. The first-order valence-electron chi connectivity index (χ1n) is 11.6. The van der Waals surface area contributed by atoms with Crippen molar-refractivity contribution in [2.45, 2.75) is 38.0 Å². The van der Waals surface area contributed by atoms with Crippen LogP contribution in [0.1, 0.15) is 36.0 Å². The number of anilines is 1. The molecule has 2 aliphatic rings. The lowest BCUT2D eigenvalue weighted by Crippen LogP contribution is -2.43. The van der Waals surface area contributed by atoms with Crippen molar-refractivity contribution in [1.82, 2.24) is 9.80 Å². The molecule has 186 valence electrons. The zero-order valence-electron chi connectivity index (χ0n) is 19.8. The topological polar surface area (TPSA) is 70.8 Å². The monoisotopic (exact) mass is 486 g/mol. The molecule has 2 aromatic rings. The van der Waals surface area contributed by atoms with Crippen LogP contribution in [0.4, 0.5) is 18.9 Å². The largest absolute Gasteiger partial charge is 0.508 e. The van der Waals surface area contributed by atoms with Crippen LogP contribution in [-0.2, 0) is 17.5 Å². The van der Waals surface area contributed by atoms with Crippen molar-refractivity contribution in [2.75, 3.05) is 38.6 Å². The van der Waals surface area contributed by atoms with E-state index in [9.17, 15) is 23.1 Å². The number of halogens is 3. The van der Waals surface area contributed by atoms with Crippen molar-refractivity contribution in [3.63, 3.8) is 0 Å². The predicted octanol–water partition coefficient (Wildman–Crippen LogP) is 4.23. The fourth-order valence-corrected chi connectivity index (χ4v) is 5.35. The highest BCUT2D eigenvalue weighted by atomic mass is 19.4. The maximum Gasteiger partial charge on any atom is 0.417 e. The lowest BCUT2D eigenvalue weighted by Gasteiger charge is -2.39. The van der Waals surface area contributed by atoms with Gasteiger partial charge in [0.2, 0.25) is 5.91 Å². The average molecular weight is 487 g/mol. The number of piperidine rings is 1. The Balaban J connectivity index is 1.56. The number of likely N-dealkylation sites (N-methyl/N-ethyl adjacent to an activating group) is 1. The number of carbonyl (C=O) groups is 1. The van der Waals surface area contributed by atoms with Crippen LogP contribution in [0.3, 0.4) is 0 Å². The molecule has 2 saturated heterocycles. The van der Waals surface area contributed by atoms with Gasteiger partial charge in [-0.15, -0.1) is 0 Å². The quantitative estimate of drug-likeness (QED) is 0.701. The molecular formula is C26H29F3N4O2. The summed E-state index contributed by atoms with van der Waals surface area (Å²) in [5.74, 6) is 0.0927. The third-order valence-electron chi connectivity index (χ3n) is 7.23. The van der Waals surface area contributed by atoms with Crippen LogP contribution in [0.2, 0.25) is 0 Å². The summed E-state index contributed by atoms with van der Waals surface area (Å²) in [7, 11) is 3.31. The second-order valence-electron chi connectivity index (χ2n) is 9.87. The van der Waals surface area contributed by atoms with Gasteiger partial charge in [-0.2, -0.15) is 18.4 Å². The second-order valence-corrected chi connectivity index (χ2v) is 9.87. The summed E-state index contributed by atoms with van der Waals surface area (Å²) in [5.41, 5.74) is -0.248. The number of nitriles is 1. The molecule has 2 aliphatic heterocycles. The van der Waals surface area contributed by atoms with E-state index >= 15 is 0 Å². The van der Waals surface area contributed by atoms with Gasteiger partial charge < -0.3 is 14.9 Å². The van der Waals surface area contributed by atoms with Crippen LogP contribution in [0.5, 0.6) is 5.75 Å². The number of carbonyl (C=O) groups excluding carboxylic acids is 1. The summed E-state index contributed by atoms with van der Waals surface area (Å²) in [6, 6.07) is 11.9. The fraction of sp³-hybridized carbons (Fsp3) is 0.462. The van der Waals surface area contributed by atoms with Gasteiger partial charge >= 0.3 is 6.18 Å². The van der Waals surface area contributed by atoms with Gasteiger partial charge in [0.05, 0.1) is 17.2 Å². The van der Waals surface area contributed by atoms with E-state index in [0.29, 0.717) is 25.2 Å². The molecule has 4 rings (SSSR count). The molecule has 0 bridgehead atoms. The Morgan fingerprint density at radius 3 is 2.51 bits per heavy atom. The summed E-state index contributed by atoms with van der Waals surface area (Å²) in [6.07, 6.45) is -2.44. The fourth-order valence-electron chi connectivity index (χ4n) is 5.35. The van der Waals surface area contributed by atoms with Gasteiger partial charge in [0.25, 0.3) is 0 Å². The first-order valence-corrected chi connectivity index (χ1v) is 11.6. The van der Waals surface area contributed by atoms with E-state index in [1.165, 1.54) is 17.0 Å². The van der Waals surface area contributed by atoms with Crippen molar-refractivity contribution < 1.29 is 23.1 Å². The molecule has 35 heavy (non-hydrogen) atoms. The molecule has 9 heteroatoms. The van der Waals surface area contributed by atoms with Crippen LogP contribution >= 0.6 is 0 Å². The SMILES string of the molecule is CN(C)C(=O)C1CC2(CCN(Cc3cccc(O)c3)CC2)CN1c1ccc(C#N)c(C(F)(F)F)c1. The van der Waals surface area contributed by atoms with Crippen LogP contribution < -0.4 is 4.90 Å². The van der Waals surface area contributed by atoms with Crippen LogP contribution in [-0.4, -0.2) is 60.6 Å². The minimum atomic E-state index is -4.66. The number of likely N-dealkylation sites (tertiary alicyclic amines) is 1. The highest BCUT2D eigenvalue weighted by Crippen LogP contribution is 2.46. The number of hydrogen-bond donors (Lipinski definition) is 1. The Kier molecular flexibility index (Phi) is 6.69. The second kappa shape index (κ2) is 9.42. The maximum atomic E-state index is 13.6. The van der Waals surface area contributed by atoms with Crippen molar-refractivity contribution in [3.8, 4) is 11.8 Å². The lowest BCUT2D eigenvalue weighted by molar-refractivity contribution is -0.137. The molecule has 0 aromatic heterocycles. The average Bonchev–Trinajstić information content (AvgIpc) is 3.18. The molecular weight excluding hydrogens is 457 g/mol. The molecule has 1 amide bonds. The first-order chi connectivity index (χ1) is 16.5. The van der Waals surface area contributed by atoms with Gasteiger partial charge in [0.15, 0.2) is 0 Å². The molecule has 2 aromatic carbocycles. The normalized spacial score (nSPS) is 20.1. The van der Waals surface area contributed by atoms with Crippen LogP contribution in [0.15, 0.2) is 42.5 Å². The van der Waals surface area contributed by atoms with E-state index in [2.05, 4.69) is 4.90 Å². The van der Waals surface area contributed by atoms with Crippen molar-refractivity contribution in [2.24, 2.45) is 5.41 Å². The van der Waals surface area contributed by atoms with Crippen LogP contribution in [0, 0.1) is 16.7 Å². The minimum absolute atomic E-state index is 0.137. The number of amides is 1. The van der Waals surface area contributed by atoms with Gasteiger partial charge in [0, 0.05) is 32.9 Å². The molecule has 2 heterocycles. The Labute approximate surface area is 203 Å². The molecule has 1 spiro atoms. The highest BCUT2D eigenvalue weighted by molar-refractivity contribution is 5.86. The first kappa shape index (κ1) is 24.9. The van der Waals surface area contributed by atoms with E-state index in [1.807, 2.05) is 12.1 Å². The summed E-state index contributed by atoms with van der Waals surface area (Å²) < 4.78 is 40.8. The number of phenolic OH excluding ortho intramolecular Hbond substituents is 1. The summed E-state index contributed by atoms with van der Waals surface area (Å²) in [4.78, 5) is 18.7. The standard InChI is InChI=1S/C26H29F3N4O2/c1-31(2)24(35)23-14-25(8-10-32(11-9-25)16-18-4-3-5-21(34)12-18)17-33(23)20-7-6-19(15-30)22(13-20)26(27,28)29/h3-7,12-13,23,34H,8-11,14,16-17H2,1-2H3. The predicted molar refractivity (Wildman–Crippen MR) is 126 cm³/mol. The number of benzene rings is 2. The Morgan fingerprint density at radius 2 is 1.91 bits per heavy atom. The van der Waals surface area contributed by atoms with Gasteiger partial charge in [-0.05, 0) is 73.7 Å². The zero-order valence-corrected chi connectivity index (χ0v) is 19.8. The molecule has 1 unspecified atom stereocenters. The highest BCUT2D eigenvalue weighted by Gasteiger charge is 2.49. The van der Waals surface area contributed by atoms with Crippen molar-refractivity contribution >= 4 is 11.6 Å². The number of alkyl halides is 3. The van der Waals surface area contributed by atoms with Gasteiger partial charge in [-0.1, -0.05) is 12.1 Å². The van der Waals surface area contributed by atoms with Crippen LogP contribution in [0.25, 0.3) is 0 Å².